The fourth-order valence-corrected chi connectivity index (χ4v) is 9.00. The zero-order valence-corrected chi connectivity index (χ0v) is 29.4. The maximum Gasteiger partial charge on any atom is 0.160 e. The van der Waals surface area contributed by atoms with Crippen molar-refractivity contribution in [2.24, 2.45) is 0 Å². The van der Waals surface area contributed by atoms with Crippen LogP contribution in [0.4, 0.5) is 0 Å². The van der Waals surface area contributed by atoms with Gasteiger partial charge in [-0.2, -0.15) is 0 Å². The van der Waals surface area contributed by atoms with Gasteiger partial charge in [-0.25, -0.2) is 9.97 Å². The van der Waals surface area contributed by atoms with Gasteiger partial charge in [0, 0.05) is 33.0 Å². The Morgan fingerprint density at radius 2 is 1.00 bits per heavy atom. The molecule has 1 aliphatic carbocycles. The Morgan fingerprint density at radius 1 is 0.389 bits per heavy atom. The summed E-state index contributed by atoms with van der Waals surface area (Å²) in [4.78, 5) is 10.3. The molecule has 11 rings (SSSR count). The van der Waals surface area contributed by atoms with Gasteiger partial charge in [0.15, 0.2) is 5.82 Å². The van der Waals surface area contributed by atoms with Crippen LogP contribution in [-0.2, 0) is 5.41 Å². The highest BCUT2D eigenvalue weighted by Crippen LogP contribution is 2.56. The second-order valence-electron chi connectivity index (χ2n) is 14.1. The molecule has 0 radical (unpaired) electrons. The number of fused-ring (bicyclic) bond motifs is 7. The number of nitrogens with zero attached hydrogens (tertiary/aromatic N) is 3. The molecule has 0 saturated carbocycles. The molecular formula is C51H33N3. The molecule has 0 spiro atoms. The van der Waals surface area contributed by atoms with Gasteiger partial charge in [-0.05, 0) is 69.8 Å². The first-order valence-corrected chi connectivity index (χ1v) is 18.5. The highest BCUT2D eigenvalue weighted by Gasteiger charge is 2.46. The molecule has 2 aromatic heterocycles. The van der Waals surface area contributed by atoms with Crippen molar-refractivity contribution in [3.63, 3.8) is 0 Å². The van der Waals surface area contributed by atoms with Gasteiger partial charge in [-0.15, -0.1) is 0 Å². The largest absolute Gasteiger partial charge is 0.309 e. The number of hydrogen-bond donors (Lipinski definition) is 0. The summed E-state index contributed by atoms with van der Waals surface area (Å²) >= 11 is 0. The molecule has 3 heteroatoms. The lowest BCUT2D eigenvalue weighted by Gasteiger charge is -2.34. The molecule has 0 aliphatic heterocycles. The minimum atomic E-state index is -0.463. The number of para-hydroxylation sites is 2. The van der Waals surface area contributed by atoms with E-state index in [9.17, 15) is 0 Å². The molecule has 54 heavy (non-hydrogen) atoms. The first-order chi connectivity index (χ1) is 26.8. The predicted octanol–water partition coefficient (Wildman–Crippen LogP) is 12.4. The molecular weight excluding hydrogens is 655 g/mol. The van der Waals surface area contributed by atoms with E-state index in [1.165, 1.54) is 44.2 Å². The van der Waals surface area contributed by atoms with Crippen LogP contribution in [0.25, 0.3) is 72.2 Å². The quantitative estimate of drug-likeness (QED) is 0.180. The smallest absolute Gasteiger partial charge is 0.160 e. The summed E-state index contributed by atoms with van der Waals surface area (Å²) in [7, 11) is 0. The van der Waals surface area contributed by atoms with Gasteiger partial charge < -0.3 is 4.57 Å². The van der Waals surface area contributed by atoms with Gasteiger partial charge in [-0.1, -0.05) is 164 Å². The zero-order valence-electron chi connectivity index (χ0n) is 29.4. The predicted molar refractivity (Wildman–Crippen MR) is 222 cm³/mol. The van der Waals surface area contributed by atoms with Gasteiger partial charge in [0.2, 0.25) is 0 Å². The summed E-state index contributed by atoms with van der Waals surface area (Å²) in [5.41, 5.74) is 14.6. The van der Waals surface area contributed by atoms with Crippen molar-refractivity contribution in [3.05, 3.63) is 222 Å². The lowest BCUT2D eigenvalue weighted by atomic mass is 9.67. The molecule has 0 fully saturated rings. The Hall–Kier alpha value is -7.10. The fourth-order valence-electron chi connectivity index (χ4n) is 9.00. The van der Waals surface area contributed by atoms with Crippen LogP contribution in [0.15, 0.2) is 200 Å². The summed E-state index contributed by atoms with van der Waals surface area (Å²) in [5, 5.41) is 3.48. The maximum absolute atomic E-state index is 5.20. The normalized spacial score (nSPS) is 13.0. The molecule has 1 aliphatic rings. The third kappa shape index (κ3) is 4.42. The molecule has 0 amide bonds. The molecule has 0 saturated heterocycles. The molecule has 0 unspecified atom stereocenters. The summed E-state index contributed by atoms with van der Waals surface area (Å²) in [6.45, 7) is 0. The minimum absolute atomic E-state index is 0.463. The Labute approximate surface area is 313 Å². The van der Waals surface area contributed by atoms with Crippen LogP contribution in [0.3, 0.4) is 0 Å². The van der Waals surface area contributed by atoms with E-state index in [2.05, 4.69) is 193 Å². The van der Waals surface area contributed by atoms with E-state index in [-0.39, 0.29) is 0 Å². The standard InChI is InChI=1S/C51H33N3/c1-3-16-34(17-4-1)49-42-25-9-13-28-46(42)52-50(53-49)35-18-15-21-38(32-35)54-47-29-14-10-24-41(47)43-33-37(30-31-48(43)54)51(36-19-5-2-6-20-36)44-26-11-7-22-39(44)40-23-8-12-27-45(40)51/h1-33H. The lowest BCUT2D eigenvalue weighted by Crippen LogP contribution is -2.28. The number of rotatable bonds is 5. The van der Waals surface area contributed by atoms with E-state index in [1.54, 1.807) is 0 Å². The summed E-state index contributed by atoms with van der Waals surface area (Å²) in [5.74, 6) is 0.709. The van der Waals surface area contributed by atoms with Crippen LogP contribution in [0.2, 0.25) is 0 Å². The third-order valence-corrected chi connectivity index (χ3v) is 11.3. The summed E-state index contributed by atoms with van der Waals surface area (Å²) < 4.78 is 2.39. The Kier molecular flexibility index (Phi) is 6.77. The molecule has 252 valence electrons. The highest BCUT2D eigenvalue weighted by molar-refractivity contribution is 6.10. The lowest BCUT2D eigenvalue weighted by molar-refractivity contribution is 0.770. The average Bonchev–Trinajstić information content (AvgIpc) is 3.74. The number of aromatic nitrogens is 3. The molecule has 0 bridgehead atoms. The van der Waals surface area contributed by atoms with E-state index in [1.807, 2.05) is 12.1 Å². The Bertz CT molecular complexity index is 3000. The van der Waals surface area contributed by atoms with E-state index < -0.39 is 5.41 Å². The van der Waals surface area contributed by atoms with Crippen LogP contribution in [0.1, 0.15) is 22.3 Å². The summed E-state index contributed by atoms with van der Waals surface area (Å²) in [6.07, 6.45) is 0. The van der Waals surface area contributed by atoms with Crippen LogP contribution in [0, 0.1) is 0 Å². The van der Waals surface area contributed by atoms with E-state index in [4.69, 9.17) is 9.97 Å². The van der Waals surface area contributed by atoms with Crippen LogP contribution in [0.5, 0.6) is 0 Å². The SMILES string of the molecule is c1ccc(-c2nc(-c3cccc(-n4c5ccccc5c5cc(C6(c7ccccc7)c7ccccc7-c7ccccc76)ccc54)c3)nc3ccccc23)cc1. The van der Waals surface area contributed by atoms with Crippen molar-refractivity contribution in [1.82, 2.24) is 14.5 Å². The van der Waals surface area contributed by atoms with Crippen molar-refractivity contribution in [2.45, 2.75) is 5.41 Å². The first kappa shape index (κ1) is 30.5. The molecule has 8 aromatic carbocycles. The highest BCUT2D eigenvalue weighted by atomic mass is 15.0. The van der Waals surface area contributed by atoms with Gasteiger partial charge in [-0.3, -0.25) is 0 Å². The van der Waals surface area contributed by atoms with Crippen molar-refractivity contribution < 1.29 is 0 Å². The molecule has 10 aromatic rings. The third-order valence-electron chi connectivity index (χ3n) is 11.3. The maximum atomic E-state index is 5.20. The van der Waals surface area contributed by atoms with Crippen molar-refractivity contribution in [1.29, 1.82) is 0 Å². The minimum Gasteiger partial charge on any atom is -0.309 e. The fraction of sp³-hybridized carbons (Fsp3) is 0.0196. The van der Waals surface area contributed by atoms with Crippen LogP contribution in [-0.4, -0.2) is 14.5 Å². The van der Waals surface area contributed by atoms with Crippen LogP contribution < -0.4 is 0 Å². The molecule has 0 atom stereocenters. The number of benzene rings is 8. The average molecular weight is 688 g/mol. The Balaban J connectivity index is 1.13. The first-order valence-electron chi connectivity index (χ1n) is 18.5. The van der Waals surface area contributed by atoms with Gasteiger partial charge in [0.25, 0.3) is 0 Å². The number of hydrogen-bond acceptors (Lipinski definition) is 2. The van der Waals surface area contributed by atoms with E-state index in [0.29, 0.717) is 5.82 Å². The topological polar surface area (TPSA) is 30.7 Å². The van der Waals surface area contributed by atoms with Crippen molar-refractivity contribution in [2.75, 3.05) is 0 Å². The summed E-state index contributed by atoms with van der Waals surface area (Å²) in [6, 6.07) is 72.1. The van der Waals surface area contributed by atoms with Crippen molar-refractivity contribution in [3.8, 4) is 39.5 Å². The van der Waals surface area contributed by atoms with E-state index in [0.717, 1.165) is 44.4 Å². The second-order valence-corrected chi connectivity index (χ2v) is 14.1. The molecule has 3 nitrogen and oxygen atoms in total. The molecule has 0 N–H and O–H groups in total. The second kappa shape index (κ2) is 12.0. The van der Waals surface area contributed by atoms with Crippen molar-refractivity contribution >= 4 is 32.7 Å². The molecule has 2 heterocycles. The van der Waals surface area contributed by atoms with E-state index >= 15 is 0 Å². The van der Waals surface area contributed by atoms with Gasteiger partial charge in [0.05, 0.1) is 27.7 Å². The monoisotopic (exact) mass is 687 g/mol. The van der Waals surface area contributed by atoms with Gasteiger partial charge in [0.1, 0.15) is 0 Å². The Morgan fingerprint density at radius 3 is 1.78 bits per heavy atom. The van der Waals surface area contributed by atoms with Gasteiger partial charge >= 0.3 is 0 Å². The zero-order chi connectivity index (χ0) is 35.6. The van der Waals surface area contributed by atoms with Crippen LogP contribution >= 0.6 is 0 Å².